The Morgan fingerprint density at radius 2 is 0.532 bits per heavy atom. The predicted octanol–water partition coefficient (Wildman–Crippen LogP) is 15.0. The molecule has 2 spiro atoms. The van der Waals surface area contributed by atoms with Crippen LogP contribution >= 0.6 is 22.7 Å². The third kappa shape index (κ3) is 3.80. The molecule has 3 aliphatic rings. The molecule has 15 rings (SSSR count). The van der Waals surface area contributed by atoms with E-state index in [1.807, 2.05) is 22.7 Å². The third-order valence-electron chi connectivity index (χ3n) is 14.4. The Labute approximate surface area is 365 Å². The fourth-order valence-electron chi connectivity index (χ4n) is 12.2. The van der Waals surface area contributed by atoms with Gasteiger partial charge in [-0.3, -0.25) is 0 Å². The standard InChI is InChI=1S/C58H34N2S2/c1-9-25-43-35(17-1)36-18-2-10-26-44(36)57(43)47-33-53(59-49-29-13-5-21-39(49)40-22-6-14-30-50(40)59)62-56(47)58(45-27-11-3-19-37(45)38-20-4-12-28-46(38)58)48-34-54(61-55(48)57)60-51-31-15-7-23-41(51)42-24-8-16-32-52(42)60/h1-34H. The van der Waals surface area contributed by atoms with Gasteiger partial charge in [0.15, 0.2) is 0 Å². The molecular weight excluding hydrogens is 789 g/mol. The van der Waals surface area contributed by atoms with Crippen molar-refractivity contribution in [3.63, 3.8) is 0 Å². The summed E-state index contributed by atoms with van der Waals surface area (Å²) >= 11 is 3.98. The molecule has 0 saturated heterocycles. The van der Waals surface area contributed by atoms with Crippen LogP contribution in [0.2, 0.25) is 0 Å². The highest BCUT2D eigenvalue weighted by atomic mass is 32.1. The Morgan fingerprint density at radius 1 is 0.274 bits per heavy atom. The molecule has 0 unspecified atom stereocenters. The van der Waals surface area contributed by atoms with Crippen molar-refractivity contribution in [2.75, 3.05) is 0 Å². The molecule has 4 heterocycles. The van der Waals surface area contributed by atoms with E-state index in [1.165, 1.54) is 119 Å². The number of fused-ring (bicyclic) bond motifs is 22. The van der Waals surface area contributed by atoms with Gasteiger partial charge in [0.25, 0.3) is 0 Å². The highest BCUT2D eigenvalue weighted by Crippen LogP contribution is 2.70. The molecule has 0 amide bonds. The average Bonchev–Trinajstić information content (AvgIpc) is 4.19. The second-order valence-electron chi connectivity index (χ2n) is 17.1. The zero-order chi connectivity index (χ0) is 40.3. The van der Waals surface area contributed by atoms with Crippen LogP contribution in [0.15, 0.2) is 206 Å². The van der Waals surface area contributed by atoms with E-state index in [1.54, 1.807) is 0 Å². The van der Waals surface area contributed by atoms with E-state index in [4.69, 9.17) is 0 Å². The molecule has 2 nitrogen and oxygen atoms in total. The Bertz CT molecular complexity index is 3400. The van der Waals surface area contributed by atoms with E-state index in [9.17, 15) is 0 Å². The zero-order valence-corrected chi connectivity index (χ0v) is 35.0. The first-order valence-electron chi connectivity index (χ1n) is 21.4. The number of rotatable bonds is 2. The van der Waals surface area contributed by atoms with Crippen LogP contribution in [0.5, 0.6) is 0 Å². The number of benzene rings is 8. The molecule has 12 aromatic rings. The van der Waals surface area contributed by atoms with Crippen LogP contribution < -0.4 is 0 Å². The van der Waals surface area contributed by atoms with Crippen molar-refractivity contribution in [1.29, 1.82) is 0 Å². The molecule has 0 saturated carbocycles. The fourth-order valence-corrected chi connectivity index (χ4v) is 15.2. The van der Waals surface area contributed by atoms with Crippen molar-refractivity contribution < 1.29 is 0 Å². The Kier molecular flexibility index (Phi) is 6.35. The second-order valence-corrected chi connectivity index (χ2v) is 19.1. The largest absolute Gasteiger partial charge is 0.301 e. The average molecular weight is 823 g/mol. The van der Waals surface area contributed by atoms with Gasteiger partial charge in [0.05, 0.1) is 32.9 Å². The van der Waals surface area contributed by atoms with Gasteiger partial charge in [-0.2, -0.15) is 0 Å². The Morgan fingerprint density at radius 3 is 0.839 bits per heavy atom. The lowest BCUT2D eigenvalue weighted by Crippen LogP contribution is -2.41. The lowest BCUT2D eigenvalue weighted by Gasteiger charge is -2.45. The molecule has 3 aliphatic carbocycles. The summed E-state index contributed by atoms with van der Waals surface area (Å²) in [5, 5.41) is 7.60. The molecule has 0 atom stereocenters. The van der Waals surface area contributed by atoms with Gasteiger partial charge in [-0.05, 0) is 92.0 Å². The smallest absolute Gasteiger partial charge is 0.101 e. The van der Waals surface area contributed by atoms with Crippen molar-refractivity contribution in [3.05, 3.63) is 249 Å². The third-order valence-corrected chi connectivity index (χ3v) is 16.9. The van der Waals surface area contributed by atoms with E-state index in [2.05, 4.69) is 215 Å². The summed E-state index contributed by atoms with van der Waals surface area (Å²) in [7, 11) is 0. The fraction of sp³-hybridized carbons (Fsp3) is 0.0345. The van der Waals surface area contributed by atoms with Crippen molar-refractivity contribution in [3.8, 4) is 32.3 Å². The van der Waals surface area contributed by atoms with E-state index in [0.29, 0.717) is 0 Å². The number of thiophene rings is 2. The van der Waals surface area contributed by atoms with Gasteiger partial charge in [0.2, 0.25) is 0 Å². The molecule has 62 heavy (non-hydrogen) atoms. The normalized spacial score (nSPS) is 14.7. The minimum Gasteiger partial charge on any atom is -0.301 e. The number of hydrogen-bond acceptors (Lipinski definition) is 2. The molecule has 0 aliphatic heterocycles. The molecule has 0 fully saturated rings. The molecule has 4 aromatic heterocycles. The van der Waals surface area contributed by atoms with Crippen LogP contribution in [-0.2, 0) is 10.8 Å². The Hall–Kier alpha value is -7.24. The first kappa shape index (κ1) is 33.5. The molecule has 0 radical (unpaired) electrons. The summed E-state index contributed by atoms with van der Waals surface area (Å²) < 4.78 is 5.10. The van der Waals surface area contributed by atoms with Gasteiger partial charge < -0.3 is 9.13 Å². The summed E-state index contributed by atoms with van der Waals surface area (Å²) in [6.07, 6.45) is 0. The van der Waals surface area contributed by atoms with Crippen molar-refractivity contribution in [2.45, 2.75) is 10.8 Å². The van der Waals surface area contributed by atoms with Crippen LogP contribution in [0, 0.1) is 0 Å². The Balaban J connectivity index is 1.17. The SMILES string of the molecule is c1ccc2c(c1)-c1ccccc1C21c2cc(-n3c4ccccc4c4ccccc43)sc2C2(c3ccccc3-c3ccccc32)c2cc(-n3c4ccccc4c4ccccc43)sc21. The van der Waals surface area contributed by atoms with Crippen molar-refractivity contribution in [2.24, 2.45) is 0 Å². The van der Waals surface area contributed by atoms with Crippen LogP contribution in [0.1, 0.15) is 43.1 Å². The van der Waals surface area contributed by atoms with Crippen LogP contribution in [-0.4, -0.2) is 9.13 Å². The predicted molar refractivity (Wildman–Crippen MR) is 259 cm³/mol. The second kappa shape index (κ2) is 11.8. The van der Waals surface area contributed by atoms with Crippen LogP contribution in [0.4, 0.5) is 0 Å². The minimum atomic E-state index is -0.565. The highest BCUT2D eigenvalue weighted by molar-refractivity contribution is 7.16. The van der Waals surface area contributed by atoms with Gasteiger partial charge in [-0.25, -0.2) is 0 Å². The van der Waals surface area contributed by atoms with Crippen LogP contribution in [0.3, 0.4) is 0 Å². The molecular formula is C58H34N2S2. The summed E-state index contributed by atoms with van der Waals surface area (Å²) in [6.45, 7) is 0. The first-order chi connectivity index (χ1) is 30.8. The van der Waals surface area contributed by atoms with E-state index >= 15 is 0 Å². The van der Waals surface area contributed by atoms with Crippen molar-refractivity contribution in [1.82, 2.24) is 9.13 Å². The maximum absolute atomic E-state index is 2.60. The minimum absolute atomic E-state index is 0.565. The lowest BCUT2D eigenvalue weighted by atomic mass is 9.58. The van der Waals surface area contributed by atoms with Gasteiger partial charge in [0.1, 0.15) is 10.0 Å². The number of aromatic nitrogens is 2. The maximum atomic E-state index is 2.60. The van der Waals surface area contributed by atoms with Gasteiger partial charge in [-0.1, -0.05) is 170 Å². The monoisotopic (exact) mass is 822 g/mol. The lowest BCUT2D eigenvalue weighted by molar-refractivity contribution is 0.662. The van der Waals surface area contributed by atoms with E-state index in [0.717, 1.165) is 0 Å². The van der Waals surface area contributed by atoms with Gasteiger partial charge in [-0.15, -0.1) is 22.7 Å². The number of hydrogen-bond donors (Lipinski definition) is 0. The zero-order valence-electron chi connectivity index (χ0n) is 33.3. The molecule has 4 heteroatoms. The summed E-state index contributed by atoms with van der Waals surface area (Å²) in [6, 6.07) is 78.1. The maximum Gasteiger partial charge on any atom is 0.101 e. The summed E-state index contributed by atoms with van der Waals surface area (Å²) in [5.41, 5.74) is 17.3. The molecule has 8 aromatic carbocycles. The van der Waals surface area contributed by atoms with Crippen molar-refractivity contribution >= 4 is 66.3 Å². The molecule has 0 bridgehead atoms. The van der Waals surface area contributed by atoms with Crippen LogP contribution in [0.25, 0.3) is 75.9 Å². The van der Waals surface area contributed by atoms with E-state index in [-0.39, 0.29) is 0 Å². The summed E-state index contributed by atoms with van der Waals surface area (Å²) in [4.78, 5) is 2.80. The van der Waals surface area contributed by atoms with E-state index < -0.39 is 10.8 Å². The number of para-hydroxylation sites is 4. The number of nitrogens with zero attached hydrogens (tertiary/aromatic N) is 2. The molecule has 288 valence electrons. The topological polar surface area (TPSA) is 9.86 Å². The highest BCUT2D eigenvalue weighted by Gasteiger charge is 2.61. The first-order valence-corrected chi connectivity index (χ1v) is 23.1. The quantitative estimate of drug-likeness (QED) is 0.164. The van der Waals surface area contributed by atoms with Gasteiger partial charge >= 0.3 is 0 Å². The molecule has 0 N–H and O–H groups in total. The van der Waals surface area contributed by atoms with Gasteiger partial charge in [0, 0.05) is 31.3 Å². The summed E-state index contributed by atoms with van der Waals surface area (Å²) in [5.74, 6) is 0.